The van der Waals surface area contributed by atoms with Gasteiger partial charge in [0.1, 0.15) is 12.1 Å². The maximum Gasteiger partial charge on any atom is 0.290 e. The van der Waals surface area contributed by atoms with Gasteiger partial charge in [-0.3, -0.25) is 24.2 Å². The van der Waals surface area contributed by atoms with Crippen LogP contribution in [0.3, 0.4) is 0 Å². The van der Waals surface area contributed by atoms with Crippen molar-refractivity contribution in [3.05, 3.63) is 78.0 Å². The van der Waals surface area contributed by atoms with Crippen molar-refractivity contribution in [3.8, 4) is 0 Å². The Kier molecular flexibility index (Phi) is 9.34. The van der Waals surface area contributed by atoms with Crippen molar-refractivity contribution in [3.63, 3.8) is 0 Å². The van der Waals surface area contributed by atoms with Gasteiger partial charge in [-0.05, 0) is 50.8 Å². The van der Waals surface area contributed by atoms with Crippen LogP contribution in [0.5, 0.6) is 0 Å². The van der Waals surface area contributed by atoms with Crippen LogP contribution in [-0.4, -0.2) is 46.1 Å². The van der Waals surface area contributed by atoms with Crippen LogP contribution in [0.2, 0.25) is 0 Å². The second-order valence-electron chi connectivity index (χ2n) is 10.9. The van der Waals surface area contributed by atoms with Crippen molar-refractivity contribution in [1.29, 1.82) is 0 Å². The highest BCUT2D eigenvalue weighted by molar-refractivity contribution is 6.38. The third kappa shape index (κ3) is 8.23. The summed E-state index contributed by atoms with van der Waals surface area (Å²) in [5.41, 5.74) is 1.26. The maximum absolute atomic E-state index is 13.4. The fourth-order valence-electron chi connectivity index (χ4n) is 4.03. The largest absolute Gasteiger partial charge is 0.345 e. The molecule has 0 saturated heterocycles. The topological polar surface area (TPSA) is 117 Å². The van der Waals surface area contributed by atoms with Gasteiger partial charge in [0.05, 0.1) is 11.1 Å². The van der Waals surface area contributed by atoms with Gasteiger partial charge in [0.2, 0.25) is 11.7 Å². The summed E-state index contributed by atoms with van der Waals surface area (Å²) in [6, 6.07) is 16.3. The van der Waals surface area contributed by atoms with Crippen LogP contribution >= 0.6 is 0 Å². The minimum absolute atomic E-state index is 0.0771. The minimum atomic E-state index is -1.10. The number of pyridine rings is 1. The molecule has 0 bridgehead atoms. The van der Waals surface area contributed by atoms with Crippen LogP contribution in [0, 0.1) is 5.92 Å². The molecule has 0 spiro atoms. The lowest BCUT2D eigenvalue weighted by molar-refractivity contribution is -0.141. The van der Waals surface area contributed by atoms with E-state index in [2.05, 4.69) is 20.9 Å². The van der Waals surface area contributed by atoms with Crippen LogP contribution in [0.25, 0.3) is 10.9 Å². The highest BCUT2D eigenvalue weighted by Crippen LogP contribution is 2.14. The van der Waals surface area contributed by atoms with E-state index >= 15 is 0 Å². The molecule has 3 aromatic rings. The maximum atomic E-state index is 13.4. The summed E-state index contributed by atoms with van der Waals surface area (Å²) in [4.78, 5) is 56.7. The number of rotatable bonds is 10. The number of carbonyl (C=O) groups is 4. The number of amides is 3. The van der Waals surface area contributed by atoms with Crippen molar-refractivity contribution in [2.75, 3.05) is 0 Å². The zero-order valence-corrected chi connectivity index (χ0v) is 22.6. The van der Waals surface area contributed by atoms with Gasteiger partial charge in [-0.15, -0.1) is 0 Å². The Morgan fingerprint density at radius 1 is 0.868 bits per heavy atom. The first-order chi connectivity index (χ1) is 17.9. The summed E-state index contributed by atoms with van der Waals surface area (Å²) in [6.07, 6.45) is 1.96. The monoisotopic (exact) mass is 516 g/mol. The molecule has 200 valence electrons. The van der Waals surface area contributed by atoms with E-state index in [-0.39, 0.29) is 12.3 Å². The average molecular weight is 517 g/mol. The number of carbonyl (C=O) groups excluding carboxylic acids is 4. The smallest absolute Gasteiger partial charge is 0.290 e. The molecule has 2 unspecified atom stereocenters. The van der Waals surface area contributed by atoms with E-state index < -0.39 is 41.1 Å². The lowest BCUT2D eigenvalue weighted by atomic mass is 9.98. The Bertz CT molecular complexity index is 1300. The Balaban J connectivity index is 1.81. The number of nitrogens with zero attached hydrogens (tertiary/aromatic N) is 1. The molecule has 2 atom stereocenters. The van der Waals surface area contributed by atoms with Gasteiger partial charge in [0.25, 0.3) is 11.8 Å². The average Bonchev–Trinajstić information content (AvgIpc) is 2.86. The van der Waals surface area contributed by atoms with E-state index in [4.69, 9.17) is 0 Å². The van der Waals surface area contributed by atoms with Crippen LogP contribution in [0.4, 0.5) is 0 Å². The number of para-hydroxylation sites is 1. The van der Waals surface area contributed by atoms with Gasteiger partial charge < -0.3 is 16.0 Å². The van der Waals surface area contributed by atoms with E-state index in [1.54, 1.807) is 26.8 Å². The number of Topliss-reactive ketones (excluding diaryl/α,β-unsaturated/α-hetero) is 1. The summed E-state index contributed by atoms with van der Waals surface area (Å²) in [5.74, 6) is -2.41. The Labute approximate surface area is 223 Å². The first kappa shape index (κ1) is 28.5. The van der Waals surface area contributed by atoms with Gasteiger partial charge >= 0.3 is 0 Å². The zero-order chi connectivity index (χ0) is 27.9. The fourth-order valence-corrected chi connectivity index (χ4v) is 4.03. The number of fused-ring (bicyclic) bond motifs is 1. The van der Waals surface area contributed by atoms with E-state index in [0.717, 1.165) is 16.5 Å². The number of ketones is 1. The molecule has 1 aromatic heterocycles. The van der Waals surface area contributed by atoms with Crippen LogP contribution in [0.1, 0.15) is 57.0 Å². The summed E-state index contributed by atoms with van der Waals surface area (Å²) < 4.78 is 0. The third-order valence-corrected chi connectivity index (χ3v) is 5.81. The highest BCUT2D eigenvalue weighted by atomic mass is 16.2. The number of hydrogen-bond acceptors (Lipinski definition) is 5. The molecule has 2 aromatic carbocycles. The molecule has 8 heteroatoms. The van der Waals surface area contributed by atoms with E-state index in [9.17, 15) is 19.2 Å². The summed E-state index contributed by atoms with van der Waals surface area (Å²) >= 11 is 0. The van der Waals surface area contributed by atoms with Crippen LogP contribution < -0.4 is 16.0 Å². The van der Waals surface area contributed by atoms with Crippen LogP contribution in [0.15, 0.2) is 66.9 Å². The number of aromatic nitrogens is 1. The lowest BCUT2D eigenvalue weighted by Crippen LogP contribution is -2.56. The predicted octanol–water partition coefficient (Wildman–Crippen LogP) is 3.59. The molecule has 1 heterocycles. The standard InChI is InChI=1S/C30H36N4O4/c1-19(2)15-25(33-27(36)22-17-21-13-9-10-14-23(21)31-18-22)28(37)32-24(16-20-11-7-6-8-12-20)26(35)29(38)34-30(3,4)5/h6-14,17-19,24-25H,15-16H2,1-5H3,(H,32,37)(H,33,36)(H,34,38). The molecule has 3 rings (SSSR count). The molecule has 0 aliphatic carbocycles. The van der Waals surface area contributed by atoms with Gasteiger partial charge in [-0.2, -0.15) is 0 Å². The zero-order valence-electron chi connectivity index (χ0n) is 22.6. The van der Waals surface area contributed by atoms with E-state index in [1.165, 1.54) is 6.20 Å². The Hall–Kier alpha value is -4.07. The normalized spacial score (nSPS) is 13.0. The number of nitrogens with one attached hydrogen (secondary N) is 3. The van der Waals surface area contributed by atoms with E-state index in [0.29, 0.717) is 12.0 Å². The molecule has 3 amide bonds. The molecule has 0 fully saturated rings. The fraction of sp³-hybridized carbons (Fsp3) is 0.367. The minimum Gasteiger partial charge on any atom is -0.345 e. The second-order valence-corrected chi connectivity index (χ2v) is 10.9. The van der Waals surface area contributed by atoms with Gasteiger partial charge in [-0.25, -0.2) is 0 Å². The van der Waals surface area contributed by atoms with Gasteiger partial charge in [0.15, 0.2) is 0 Å². The molecule has 38 heavy (non-hydrogen) atoms. The number of benzene rings is 2. The van der Waals surface area contributed by atoms with Crippen molar-refractivity contribution >= 4 is 34.4 Å². The van der Waals surface area contributed by atoms with Crippen molar-refractivity contribution in [2.45, 2.75) is 65.1 Å². The van der Waals surface area contributed by atoms with Crippen molar-refractivity contribution < 1.29 is 19.2 Å². The SMILES string of the molecule is CC(C)CC(NC(=O)c1cnc2ccccc2c1)C(=O)NC(Cc1ccccc1)C(=O)C(=O)NC(C)(C)C. The highest BCUT2D eigenvalue weighted by Gasteiger charge is 2.32. The summed E-state index contributed by atoms with van der Waals surface area (Å²) in [7, 11) is 0. The molecule has 3 N–H and O–H groups in total. The lowest BCUT2D eigenvalue weighted by Gasteiger charge is -2.25. The molecule has 0 saturated carbocycles. The Morgan fingerprint density at radius 3 is 2.18 bits per heavy atom. The number of hydrogen-bond donors (Lipinski definition) is 3. The molecule has 0 radical (unpaired) electrons. The molecular weight excluding hydrogens is 480 g/mol. The molecule has 0 aliphatic rings. The Morgan fingerprint density at radius 2 is 1.53 bits per heavy atom. The molecule has 0 aliphatic heterocycles. The van der Waals surface area contributed by atoms with Gasteiger partial charge in [-0.1, -0.05) is 62.4 Å². The van der Waals surface area contributed by atoms with E-state index in [1.807, 2.05) is 68.4 Å². The predicted molar refractivity (Wildman–Crippen MR) is 147 cm³/mol. The summed E-state index contributed by atoms with van der Waals surface area (Å²) in [5, 5.41) is 9.03. The van der Waals surface area contributed by atoms with Crippen molar-refractivity contribution in [2.24, 2.45) is 5.92 Å². The van der Waals surface area contributed by atoms with Gasteiger partial charge in [0, 0.05) is 23.5 Å². The first-order valence-electron chi connectivity index (χ1n) is 12.8. The first-order valence-corrected chi connectivity index (χ1v) is 12.8. The molecular formula is C30H36N4O4. The van der Waals surface area contributed by atoms with Crippen molar-refractivity contribution in [1.82, 2.24) is 20.9 Å². The quantitative estimate of drug-likeness (QED) is 0.356. The molecule has 8 nitrogen and oxygen atoms in total. The summed E-state index contributed by atoms with van der Waals surface area (Å²) in [6.45, 7) is 9.21. The van der Waals surface area contributed by atoms with Crippen LogP contribution in [-0.2, 0) is 20.8 Å². The second kappa shape index (κ2) is 12.4. The third-order valence-electron chi connectivity index (χ3n) is 5.81.